The molecule has 0 saturated carbocycles. The summed E-state index contributed by atoms with van der Waals surface area (Å²) in [5.41, 5.74) is 0.0103. The summed E-state index contributed by atoms with van der Waals surface area (Å²) in [4.78, 5) is 24.3. The van der Waals surface area contributed by atoms with Gasteiger partial charge in [0.05, 0.1) is 11.7 Å². The number of benzene rings is 1. The molecule has 7 nitrogen and oxygen atoms in total. The number of pyridine rings is 1. The van der Waals surface area contributed by atoms with Gasteiger partial charge < -0.3 is 10.4 Å². The summed E-state index contributed by atoms with van der Waals surface area (Å²) >= 11 is 0. The standard InChI is InChI=1S/C18H17F3N4O3/c1-11(26)8-22-16(27)10-25-17(28)24-9-13(4-7-15(24)23-25)12-2-5-14(6-3-12)18(19,20)21/h2-7,9,11,26H,8,10H2,1H3,(H,22,27). The Kier molecular flexibility index (Phi) is 5.23. The molecule has 0 aliphatic rings. The van der Waals surface area contributed by atoms with Crippen molar-refractivity contribution in [1.29, 1.82) is 0 Å². The van der Waals surface area contributed by atoms with E-state index in [1.165, 1.54) is 29.7 Å². The van der Waals surface area contributed by atoms with Gasteiger partial charge in [-0.1, -0.05) is 12.1 Å². The predicted molar refractivity (Wildman–Crippen MR) is 94.6 cm³/mol. The smallest absolute Gasteiger partial charge is 0.392 e. The van der Waals surface area contributed by atoms with Crippen LogP contribution in [0.3, 0.4) is 0 Å². The number of nitrogens with one attached hydrogen (secondary N) is 1. The second kappa shape index (κ2) is 7.47. The number of hydrogen-bond acceptors (Lipinski definition) is 4. The third-order valence-corrected chi connectivity index (χ3v) is 4.01. The summed E-state index contributed by atoms with van der Waals surface area (Å²) in [7, 11) is 0. The predicted octanol–water partition coefficient (Wildman–Crippen LogP) is 1.68. The first kappa shape index (κ1) is 19.6. The van der Waals surface area contributed by atoms with Gasteiger partial charge in [0.1, 0.15) is 6.54 Å². The summed E-state index contributed by atoms with van der Waals surface area (Å²) < 4.78 is 40.3. The van der Waals surface area contributed by atoms with Crippen LogP contribution in [-0.4, -0.2) is 37.8 Å². The molecular weight excluding hydrogens is 377 g/mol. The molecule has 1 amide bonds. The van der Waals surface area contributed by atoms with Crippen LogP contribution in [0.5, 0.6) is 0 Å². The molecule has 0 fully saturated rings. The van der Waals surface area contributed by atoms with Crippen LogP contribution in [0.1, 0.15) is 12.5 Å². The average Bonchev–Trinajstić information content (AvgIpc) is 2.94. The normalized spacial score (nSPS) is 12.9. The Bertz CT molecular complexity index is 1050. The second-order valence-corrected chi connectivity index (χ2v) is 6.31. The van der Waals surface area contributed by atoms with Crippen LogP contribution in [0, 0.1) is 0 Å². The third-order valence-electron chi connectivity index (χ3n) is 4.01. The lowest BCUT2D eigenvalue weighted by Crippen LogP contribution is -2.36. The van der Waals surface area contributed by atoms with Crippen molar-refractivity contribution in [3.05, 3.63) is 58.6 Å². The lowest BCUT2D eigenvalue weighted by molar-refractivity contribution is -0.137. The molecule has 2 N–H and O–H groups in total. The minimum absolute atomic E-state index is 0.0546. The molecule has 3 aromatic rings. The molecule has 0 bridgehead atoms. The van der Waals surface area contributed by atoms with Gasteiger partial charge in [0.2, 0.25) is 5.91 Å². The fourth-order valence-corrected chi connectivity index (χ4v) is 2.60. The van der Waals surface area contributed by atoms with Crippen LogP contribution in [0.25, 0.3) is 16.8 Å². The Morgan fingerprint density at radius 2 is 1.82 bits per heavy atom. The summed E-state index contributed by atoms with van der Waals surface area (Å²) in [6.07, 6.45) is -3.68. The molecule has 2 aromatic heterocycles. The number of aliphatic hydroxyl groups is 1. The lowest BCUT2D eigenvalue weighted by atomic mass is 10.1. The van der Waals surface area contributed by atoms with E-state index >= 15 is 0 Å². The molecule has 1 unspecified atom stereocenters. The number of hydrogen-bond donors (Lipinski definition) is 2. The maximum absolute atomic E-state index is 12.7. The highest BCUT2D eigenvalue weighted by atomic mass is 19.4. The molecule has 1 aromatic carbocycles. The highest BCUT2D eigenvalue weighted by Crippen LogP contribution is 2.30. The fourth-order valence-electron chi connectivity index (χ4n) is 2.60. The van der Waals surface area contributed by atoms with Gasteiger partial charge >= 0.3 is 11.9 Å². The Balaban J connectivity index is 1.87. The summed E-state index contributed by atoms with van der Waals surface area (Å²) in [5.74, 6) is -0.477. The molecule has 28 heavy (non-hydrogen) atoms. The van der Waals surface area contributed by atoms with Crippen molar-refractivity contribution < 1.29 is 23.1 Å². The monoisotopic (exact) mass is 394 g/mol. The van der Waals surface area contributed by atoms with Crippen molar-refractivity contribution in [2.45, 2.75) is 25.7 Å². The van der Waals surface area contributed by atoms with E-state index in [0.29, 0.717) is 16.8 Å². The molecule has 0 aliphatic carbocycles. The van der Waals surface area contributed by atoms with E-state index in [1.807, 2.05) is 0 Å². The van der Waals surface area contributed by atoms with Gasteiger partial charge in [0.25, 0.3) is 0 Å². The van der Waals surface area contributed by atoms with E-state index in [1.54, 1.807) is 12.1 Å². The molecule has 2 heterocycles. The molecule has 0 saturated heterocycles. The zero-order chi connectivity index (χ0) is 20.5. The minimum Gasteiger partial charge on any atom is -0.392 e. The fraction of sp³-hybridized carbons (Fsp3) is 0.278. The van der Waals surface area contributed by atoms with Crippen LogP contribution >= 0.6 is 0 Å². The van der Waals surface area contributed by atoms with Crippen molar-refractivity contribution in [1.82, 2.24) is 19.5 Å². The van der Waals surface area contributed by atoms with Crippen molar-refractivity contribution in [2.24, 2.45) is 0 Å². The van der Waals surface area contributed by atoms with Crippen molar-refractivity contribution in [2.75, 3.05) is 6.54 Å². The van der Waals surface area contributed by atoms with Gasteiger partial charge in [-0.25, -0.2) is 13.9 Å². The maximum Gasteiger partial charge on any atom is 0.416 e. The molecule has 3 rings (SSSR count). The van der Waals surface area contributed by atoms with Crippen LogP contribution in [0.2, 0.25) is 0 Å². The van der Waals surface area contributed by atoms with Gasteiger partial charge in [0.15, 0.2) is 5.65 Å². The molecule has 10 heteroatoms. The SMILES string of the molecule is CC(O)CNC(=O)Cn1nc2ccc(-c3ccc(C(F)(F)F)cc3)cn2c1=O. The van der Waals surface area contributed by atoms with Gasteiger partial charge in [-0.3, -0.25) is 4.79 Å². The average molecular weight is 394 g/mol. The number of nitrogens with zero attached hydrogens (tertiary/aromatic N) is 3. The topological polar surface area (TPSA) is 88.6 Å². The van der Waals surface area contributed by atoms with Crippen LogP contribution < -0.4 is 11.0 Å². The van der Waals surface area contributed by atoms with Gasteiger partial charge in [-0.2, -0.15) is 13.2 Å². The first-order valence-corrected chi connectivity index (χ1v) is 8.37. The third kappa shape index (κ3) is 4.22. The molecule has 148 valence electrons. The number of amides is 1. The van der Waals surface area contributed by atoms with Gasteiger partial charge in [0, 0.05) is 12.7 Å². The number of carbonyl (C=O) groups is 1. The van der Waals surface area contributed by atoms with Crippen LogP contribution in [0.15, 0.2) is 47.4 Å². The lowest BCUT2D eigenvalue weighted by Gasteiger charge is -2.07. The number of aliphatic hydroxyl groups excluding tert-OH is 1. The highest BCUT2D eigenvalue weighted by molar-refractivity contribution is 5.75. The minimum atomic E-state index is -4.42. The van der Waals surface area contributed by atoms with Crippen LogP contribution in [0.4, 0.5) is 13.2 Å². The van der Waals surface area contributed by atoms with E-state index in [0.717, 1.165) is 16.8 Å². The van der Waals surface area contributed by atoms with E-state index in [-0.39, 0.29) is 13.1 Å². The van der Waals surface area contributed by atoms with E-state index in [4.69, 9.17) is 0 Å². The number of aromatic nitrogens is 3. The number of halogens is 3. The largest absolute Gasteiger partial charge is 0.416 e. The summed E-state index contributed by atoms with van der Waals surface area (Å²) in [6.45, 7) is 1.25. The van der Waals surface area contributed by atoms with Gasteiger partial charge in [-0.15, -0.1) is 5.10 Å². The zero-order valence-corrected chi connectivity index (χ0v) is 14.8. The second-order valence-electron chi connectivity index (χ2n) is 6.31. The number of fused-ring (bicyclic) bond motifs is 1. The van der Waals surface area contributed by atoms with Crippen molar-refractivity contribution in [3.63, 3.8) is 0 Å². The molecule has 0 spiro atoms. The zero-order valence-electron chi connectivity index (χ0n) is 14.8. The number of rotatable bonds is 5. The van der Waals surface area contributed by atoms with Crippen LogP contribution in [-0.2, 0) is 17.5 Å². The summed E-state index contributed by atoms with van der Waals surface area (Å²) in [6, 6.07) is 7.75. The number of alkyl halides is 3. The maximum atomic E-state index is 12.7. The van der Waals surface area contributed by atoms with E-state index in [2.05, 4.69) is 10.4 Å². The number of carbonyl (C=O) groups excluding carboxylic acids is 1. The Morgan fingerprint density at radius 1 is 1.18 bits per heavy atom. The van der Waals surface area contributed by atoms with Crippen molar-refractivity contribution >= 4 is 11.6 Å². The molecule has 0 radical (unpaired) electrons. The summed E-state index contributed by atoms with van der Waals surface area (Å²) in [5, 5.41) is 15.7. The molecule has 1 atom stereocenters. The Hall–Kier alpha value is -3.14. The highest BCUT2D eigenvalue weighted by Gasteiger charge is 2.30. The van der Waals surface area contributed by atoms with E-state index in [9.17, 15) is 27.9 Å². The molecular formula is C18H17F3N4O3. The first-order chi connectivity index (χ1) is 13.1. The molecule has 0 aliphatic heterocycles. The van der Waals surface area contributed by atoms with Crippen molar-refractivity contribution in [3.8, 4) is 11.1 Å². The Morgan fingerprint density at radius 3 is 2.43 bits per heavy atom. The Labute approximate surface area is 157 Å². The van der Waals surface area contributed by atoms with E-state index < -0.39 is 29.4 Å². The first-order valence-electron chi connectivity index (χ1n) is 8.37. The van der Waals surface area contributed by atoms with Gasteiger partial charge in [-0.05, 0) is 42.3 Å². The quantitative estimate of drug-likeness (QED) is 0.689.